The van der Waals surface area contributed by atoms with E-state index < -0.39 is 5.63 Å². The summed E-state index contributed by atoms with van der Waals surface area (Å²) in [6.07, 6.45) is 1.79. The Morgan fingerprint density at radius 1 is 1.23 bits per heavy atom. The van der Waals surface area contributed by atoms with E-state index in [2.05, 4.69) is 4.98 Å². The zero-order valence-electron chi connectivity index (χ0n) is 16.6. The van der Waals surface area contributed by atoms with Crippen LogP contribution in [0.15, 0.2) is 57.7 Å². The van der Waals surface area contributed by atoms with Crippen LogP contribution in [0.3, 0.4) is 0 Å². The summed E-state index contributed by atoms with van der Waals surface area (Å²) in [4.78, 5) is 35.5. The first-order valence-electron chi connectivity index (χ1n) is 9.99. The second-order valence-electron chi connectivity index (χ2n) is 7.56. The van der Waals surface area contributed by atoms with Gasteiger partial charge in [-0.25, -0.2) is 9.78 Å². The Morgan fingerprint density at radius 2 is 2.10 bits per heavy atom. The van der Waals surface area contributed by atoms with Gasteiger partial charge in [-0.3, -0.25) is 4.79 Å². The highest BCUT2D eigenvalue weighted by molar-refractivity contribution is 5.97. The number of amides is 1. The Bertz CT molecular complexity index is 1270. The van der Waals surface area contributed by atoms with Gasteiger partial charge in [-0.2, -0.15) is 0 Å². The SMILES string of the molecule is COc1cccc2cc(C(=O)N3CCC[C@H](c4nc5ccccc5[nH]4)C3)c(=O)oc12. The molecule has 0 unspecified atom stereocenters. The fourth-order valence-electron chi connectivity index (χ4n) is 4.15. The molecular formula is C23H21N3O4. The van der Waals surface area contributed by atoms with Crippen molar-refractivity contribution < 1.29 is 13.9 Å². The Labute approximate surface area is 172 Å². The number of hydrogen-bond donors (Lipinski definition) is 1. The van der Waals surface area contributed by atoms with Crippen LogP contribution in [0.5, 0.6) is 5.75 Å². The number of imidazole rings is 1. The van der Waals surface area contributed by atoms with Gasteiger partial charge < -0.3 is 19.0 Å². The highest BCUT2D eigenvalue weighted by Crippen LogP contribution is 2.28. The summed E-state index contributed by atoms with van der Waals surface area (Å²) in [5, 5.41) is 0.656. The van der Waals surface area contributed by atoms with Gasteiger partial charge in [-0.1, -0.05) is 24.3 Å². The topological polar surface area (TPSA) is 88.4 Å². The normalized spacial score (nSPS) is 16.8. The van der Waals surface area contributed by atoms with E-state index in [4.69, 9.17) is 14.1 Å². The number of hydrogen-bond acceptors (Lipinski definition) is 5. The fraction of sp³-hybridized carbons (Fsp3) is 0.261. The minimum absolute atomic E-state index is 0.0426. The van der Waals surface area contributed by atoms with E-state index in [0.717, 1.165) is 29.7 Å². The van der Waals surface area contributed by atoms with E-state index in [1.165, 1.54) is 7.11 Å². The number of nitrogens with one attached hydrogen (secondary N) is 1. The fourth-order valence-corrected chi connectivity index (χ4v) is 4.15. The van der Waals surface area contributed by atoms with Crippen molar-refractivity contribution in [2.45, 2.75) is 18.8 Å². The average molecular weight is 403 g/mol. The van der Waals surface area contributed by atoms with Crippen LogP contribution in [-0.2, 0) is 0 Å². The number of aromatic amines is 1. The molecule has 1 saturated heterocycles. The molecule has 0 bridgehead atoms. The molecule has 4 aromatic rings. The largest absolute Gasteiger partial charge is 0.493 e. The number of piperidine rings is 1. The Hall–Kier alpha value is -3.61. The molecule has 1 atom stereocenters. The number of fused-ring (bicyclic) bond motifs is 2. The summed E-state index contributed by atoms with van der Waals surface area (Å²) in [6.45, 7) is 1.11. The number of likely N-dealkylation sites (tertiary alicyclic amines) is 1. The molecule has 0 saturated carbocycles. The smallest absolute Gasteiger partial charge is 0.349 e. The van der Waals surface area contributed by atoms with Crippen molar-refractivity contribution in [3.8, 4) is 5.75 Å². The molecule has 2 aromatic carbocycles. The highest BCUT2D eigenvalue weighted by atomic mass is 16.5. The number of para-hydroxylation sites is 3. The Morgan fingerprint density at radius 3 is 2.93 bits per heavy atom. The lowest BCUT2D eigenvalue weighted by Gasteiger charge is -2.31. The number of carbonyl (C=O) groups excluding carboxylic acids is 1. The number of benzene rings is 2. The van der Waals surface area contributed by atoms with E-state index in [1.54, 1.807) is 29.2 Å². The van der Waals surface area contributed by atoms with Crippen molar-refractivity contribution in [3.63, 3.8) is 0 Å². The van der Waals surface area contributed by atoms with E-state index in [-0.39, 0.29) is 17.4 Å². The predicted molar refractivity (Wildman–Crippen MR) is 113 cm³/mol. The molecule has 3 heterocycles. The van der Waals surface area contributed by atoms with Gasteiger partial charge in [0.25, 0.3) is 5.91 Å². The van der Waals surface area contributed by atoms with Gasteiger partial charge in [0.2, 0.25) is 0 Å². The van der Waals surface area contributed by atoms with Gasteiger partial charge in [0.1, 0.15) is 11.4 Å². The summed E-state index contributed by atoms with van der Waals surface area (Å²) >= 11 is 0. The van der Waals surface area contributed by atoms with Crippen molar-refractivity contribution in [3.05, 3.63) is 70.3 Å². The number of aromatic nitrogens is 2. The first-order chi connectivity index (χ1) is 14.6. The third-order valence-electron chi connectivity index (χ3n) is 5.68. The molecule has 7 heteroatoms. The molecule has 152 valence electrons. The summed E-state index contributed by atoms with van der Waals surface area (Å²) in [5.41, 5.74) is 1.64. The van der Waals surface area contributed by atoms with Crippen LogP contribution in [0, 0.1) is 0 Å². The lowest BCUT2D eigenvalue weighted by atomic mass is 9.96. The minimum atomic E-state index is -0.650. The predicted octanol–water partition coefficient (Wildman–Crippen LogP) is 3.70. The third-order valence-corrected chi connectivity index (χ3v) is 5.68. The molecular weight excluding hydrogens is 382 g/mol. The molecule has 0 aliphatic carbocycles. The van der Waals surface area contributed by atoms with Crippen molar-refractivity contribution in [1.29, 1.82) is 0 Å². The number of rotatable bonds is 3. The van der Waals surface area contributed by atoms with Crippen LogP contribution in [0.4, 0.5) is 0 Å². The number of ether oxygens (including phenoxy) is 1. The van der Waals surface area contributed by atoms with Gasteiger partial charge in [0.15, 0.2) is 11.3 Å². The van der Waals surface area contributed by atoms with Crippen molar-refractivity contribution in [2.75, 3.05) is 20.2 Å². The maximum atomic E-state index is 13.2. The van der Waals surface area contributed by atoms with Crippen LogP contribution < -0.4 is 10.4 Å². The molecule has 0 radical (unpaired) electrons. The number of H-pyrrole nitrogens is 1. The maximum absolute atomic E-state index is 13.2. The number of methoxy groups -OCH3 is 1. The summed E-state index contributed by atoms with van der Waals surface area (Å²) in [5.74, 6) is 1.13. The quantitative estimate of drug-likeness (QED) is 0.527. The molecule has 0 spiro atoms. The van der Waals surface area contributed by atoms with Gasteiger partial charge in [0, 0.05) is 24.4 Å². The van der Waals surface area contributed by atoms with Crippen molar-refractivity contribution in [1.82, 2.24) is 14.9 Å². The Balaban J connectivity index is 1.44. The zero-order valence-corrected chi connectivity index (χ0v) is 16.6. The molecule has 1 fully saturated rings. The minimum Gasteiger partial charge on any atom is -0.493 e. The van der Waals surface area contributed by atoms with Gasteiger partial charge in [0.05, 0.1) is 18.1 Å². The van der Waals surface area contributed by atoms with Crippen LogP contribution in [0.1, 0.15) is 34.9 Å². The van der Waals surface area contributed by atoms with Crippen molar-refractivity contribution in [2.24, 2.45) is 0 Å². The molecule has 1 amide bonds. The third kappa shape index (κ3) is 3.12. The highest BCUT2D eigenvalue weighted by Gasteiger charge is 2.29. The first-order valence-corrected chi connectivity index (χ1v) is 9.99. The van der Waals surface area contributed by atoms with E-state index in [0.29, 0.717) is 29.8 Å². The molecule has 5 rings (SSSR count). The van der Waals surface area contributed by atoms with Gasteiger partial charge >= 0.3 is 5.63 Å². The van der Waals surface area contributed by atoms with E-state index in [1.807, 2.05) is 24.3 Å². The Kier molecular flexibility index (Phi) is 4.50. The number of carbonyl (C=O) groups is 1. The van der Waals surface area contributed by atoms with Crippen LogP contribution >= 0.6 is 0 Å². The van der Waals surface area contributed by atoms with Crippen molar-refractivity contribution >= 4 is 27.9 Å². The second-order valence-corrected chi connectivity index (χ2v) is 7.56. The molecule has 1 aliphatic rings. The zero-order chi connectivity index (χ0) is 20.7. The average Bonchev–Trinajstić information content (AvgIpc) is 3.22. The van der Waals surface area contributed by atoms with Gasteiger partial charge in [-0.15, -0.1) is 0 Å². The monoisotopic (exact) mass is 403 g/mol. The molecule has 2 aromatic heterocycles. The van der Waals surface area contributed by atoms with Crippen LogP contribution in [-0.4, -0.2) is 41.0 Å². The molecule has 1 N–H and O–H groups in total. The van der Waals surface area contributed by atoms with E-state index in [9.17, 15) is 9.59 Å². The van der Waals surface area contributed by atoms with Crippen LogP contribution in [0.2, 0.25) is 0 Å². The lowest BCUT2D eigenvalue weighted by Crippen LogP contribution is -2.41. The van der Waals surface area contributed by atoms with E-state index >= 15 is 0 Å². The van der Waals surface area contributed by atoms with Crippen LogP contribution in [0.25, 0.3) is 22.0 Å². The summed E-state index contributed by atoms with van der Waals surface area (Å²) in [7, 11) is 1.51. The first kappa shape index (κ1) is 18.4. The maximum Gasteiger partial charge on any atom is 0.349 e. The summed E-state index contributed by atoms with van der Waals surface area (Å²) < 4.78 is 10.7. The molecule has 7 nitrogen and oxygen atoms in total. The number of nitrogens with zero attached hydrogens (tertiary/aromatic N) is 2. The lowest BCUT2D eigenvalue weighted by molar-refractivity contribution is 0.0700. The molecule has 1 aliphatic heterocycles. The summed E-state index contributed by atoms with van der Waals surface area (Å²) in [6, 6.07) is 14.8. The standard InChI is InChI=1S/C23H21N3O4/c1-29-19-10-4-6-14-12-16(23(28)30-20(14)19)22(27)26-11-5-7-15(13-26)21-24-17-8-2-3-9-18(17)25-21/h2-4,6,8-10,12,15H,5,7,11,13H2,1H3,(H,24,25)/t15-/m0/s1. The second kappa shape index (κ2) is 7.33. The molecule has 30 heavy (non-hydrogen) atoms. The van der Waals surface area contributed by atoms with Gasteiger partial charge in [-0.05, 0) is 37.1 Å².